The van der Waals surface area contributed by atoms with Crippen LogP contribution in [0.3, 0.4) is 0 Å². The van der Waals surface area contributed by atoms with Crippen LogP contribution in [0.1, 0.15) is 55.8 Å². The number of nitrogens with one attached hydrogen (secondary N) is 2. The summed E-state index contributed by atoms with van der Waals surface area (Å²) in [4.78, 5) is 32.4. The van der Waals surface area contributed by atoms with Crippen LogP contribution in [0.5, 0.6) is 0 Å². The van der Waals surface area contributed by atoms with Crippen LogP contribution in [0.15, 0.2) is 72.8 Å². The van der Waals surface area contributed by atoms with Crippen LogP contribution in [0.25, 0.3) is 22.2 Å². The molecule has 2 aliphatic rings. The second-order valence-electron chi connectivity index (χ2n) is 12.5. The number of anilines is 1. The highest BCUT2D eigenvalue weighted by molar-refractivity contribution is 5.90. The van der Waals surface area contributed by atoms with Crippen molar-refractivity contribution in [3.63, 3.8) is 0 Å². The van der Waals surface area contributed by atoms with Crippen molar-refractivity contribution in [1.82, 2.24) is 19.8 Å². The van der Waals surface area contributed by atoms with Crippen molar-refractivity contribution in [3.05, 3.63) is 84.2 Å². The van der Waals surface area contributed by atoms with Crippen molar-refractivity contribution in [1.29, 1.82) is 0 Å². The molecule has 9 heteroatoms. The molecule has 0 radical (unpaired) electrons. The number of urea groups is 1. The normalized spacial score (nSPS) is 17.3. The van der Waals surface area contributed by atoms with Gasteiger partial charge in [-0.25, -0.2) is 9.78 Å². The predicted molar refractivity (Wildman–Crippen MR) is 178 cm³/mol. The molecule has 4 N–H and O–H groups in total. The number of hydrogen-bond acceptors (Lipinski definition) is 5. The van der Waals surface area contributed by atoms with Gasteiger partial charge in [-0.15, -0.1) is 0 Å². The van der Waals surface area contributed by atoms with Crippen molar-refractivity contribution in [3.8, 4) is 11.1 Å². The van der Waals surface area contributed by atoms with Gasteiger partial charge in [0.05, 0.1) is 11.0 Å². The van der Waals surface area contributed by atoms with E-state index in [1.165, 1.54) is 0 Å². The van der Waals surface area contributed by atoms with Crippen LogP contribution in [0, 0.1) is 0 Å². The van der Waals surface area contributed by atoms with Gasteiger partial charge < -0.3 is 30.6 Å². The number of rotatable bonds is 12. The second-order valence-corrected chi connectivity index (χ2v) is 12.5. The van der Waals surface area contributed by atoms with Crippen molar-refractivity contribution in [2.24, 2.45) is 5.73 Å². The summed E-state index contributed by atoms with van der Waals surface area (Å²) >= 11 is 0. The van der Waals surface area contributed by atoms with Crippen LogP contribution in [0.2, 0.25) is 0 Å². The Balaban J connectivity index is 1.02. The van der Waals surface area contributed by atoms with Gasteiger partial charge in [-0.05, 0) is 79.5 Å². The van der Waals surface area contributed by atoms with Crippen LogP contribution in [0.4, 0.5) is 10.5 Å². The molecular formula is C36H44N6O3. The fraction of sp³-hybridized carbons (Fsp3) is 0.417. The number of amides is 3. The number of piperidine rings is 1. The monoisotopic (exact) mass is 608 g/mol. The molecule has 9 nitrogen and oxygen atoms in total. The number of nitrogens with two attached hydrogens (primary N) is 1. The SMILES string of the molecule is COCCCn1c([C@@H]2CCCN(C(=O)C[C@H](N)Cc3ccc(-c4ccc(NC(=O)NC5CC5)cc4)cc3)C2)nc2ccccc21. The maximum absolute atomic E-state index is 13.4. The topological polar surface area (TPSA) is 115 Å². The highest BCUT2D eigenvalue weighted by atomic mass is 16.5. The minimum Gasteiger partial charge on any atom is -0.385 e. The Bertz CT molecular complexity index is 1600. The first kappa shape index (κ1) is 30.8. The van der Waals surface area contributed by atoms with E-state index in [0.717, 1.165) is 84.4 Å². The summed E-state index contributed by atoms with van der Waals surface area (Å²) in [7, 11) is 1.73. The predicted octanol–water partition coefficient (Wildman–Crippen LogP) is 5.69. The molecule has 1 saturated heterocycles. The molecule has 3 aromatic carbocycles. The van der Waals surface area contributed by atoms with Crippen molar-refractivity contribution < 1.29 is 14.3 Å². The first-order valence-electron chi connectivity index (χ1n) is 16.2. The molecule has 2 heterocycles. The number of aromatic nitrogens is 2. The van der Waals surface area contributed by atoms with Gasteiger partial charge in [-0.3, -0.25) is 4.79 Å². The molecular weight excluding hydrogens is 564 g/mol. The number of fused-ring (bicyclic) bond motifs is 1. The van der Waals surface area contributed by atoms with Gasteiger partial charge in [0.15, 0.2) is 0 Å². The number of hydrogen-bond donors (Lipinski definition) is 3. The van der Waals surface area contributed by atoms with E-state index in [9.17, 15) is 9.59 Å². The summed E-state index contributed by atoms with van der Waals surface area (Å²) in [5.74, 6) is 1.38. The Morgan fingerprint density at radius 2 is 1.73 bits per heavy atom. The summed E-state index contributed by atoms with van der Waals surface area (Å²) in [5.41, 5.74) is 12.7. The molecule has 1 aliphatic carbocycles. The molecule has 0 unspecified atom stereocenters. The summed E-state index contributed by atoms with van der Waals surface area (Å²) in [6.45, 7) is 2.99. The lowest BCUT2D eigenvalue weighted by Gasteiger charge is -2.33. The number of imidazole rings is 1. The number of nitrogens with zero attached hydrogens (tertiary/aromatic N) is 3. The van der Waals surface area contributed by atoms with E-state index in [-0.39, 0.29) is 23.9 Å². The molecule has 1 aliphatic heterocycles. The van der Waals surface area contributed by atoms with Gasteiger partial charge in [-0.1, -0.05) is 48.5 Å². The van der Waals surface area contributed by atoms with E-state index >= 15 is 0 Å². The van der Waals surface area contributed by atoms with Crippen LogP contribution < -0.4 is 16.4 Å². The number of carbonyl (C=O) groups is 2. The van der Waals surface area contributed by atoms with Gasteiger partial charge in [0.2, 0.25) is 5.91 Å². The molecule has 236 valence electrons. The highest BCUT2D eigenvalue weighted by Gasteiger charge is 2.29. The molecule has 4 aromatic rings. The molecule has 0 bridgehead atoms. The fourth-order valence-electron chi connectivity index (χ4n) is 6.31. The Kier molecular flexibility index (Phi) is 9.76. The average Bonchev–Trinajstić information content (AvgIpc) is 3.79. The Morgan fingerprint density at radius 3 is 2.47 bits per heavy atom. The molecule has 3 amide bonds. The lowest BCUT2D eigenvalue weighted by Crippen LogP contribution is -2.42. The largest absolute Gasteiger partial charge is 0.385 e. The molecule has 1 saturated carbocycles. The maximum atomic E-state index is 13.4. The van der Waals surface area contributed by atoms with Gasteiger partial charge in [-0.2, -0.15) is 0 Å². The Labute approximate surface area is 265 Å². The fourth-order valence-corrected chi connectivity index (χ4v) is 6.31. The number of likely N-dealkylation sites (tertiary alicyclic amines) is 1. The van der Waals surface area contributed by atoms with E-state index in [1.54, 1.807) is 7.11 Å². The zero-order chi connectivity index (χ0) is 31.2. The number of ether oxygens (including phenoxy) is 1. The molecule has 45 heavy (non-hydrogen) atoms. The third kappa shape index (κ3) is 7.90. The molecule has 6 rings (SSSR count). The molecule has 2 fully saturated rings. The summed E-state index contributed by atoms with van der Waals surface area (Å²) in [6.07, 6.45) is 5.97. The van der Waals surface area contributed by atoms with Gasteiger partial charge in [0, 0.05) is 63.5 Å². The highest BCUT2D eigenvalue weighted by Crippen LogP contribution is 2.30. The van der Waals surface area contributed by atoms with Crippen molar-refractivity contribution in [2.45, 2.75) is 69.5 Å². The minimum atomic E-state index is -0.255. The number of para-hydroxylation sites is 2. The maximum Gasteiger partial charge on any atom is 0.319 e. The molecule has 2 atom stereocenters. The quantitative estimate of drug-likeness (QED) is 0.179. The lowest BCUT2D eigenvalue weighted by atomic mass is 9.95. The summed E-state index contributed by atoms with van der Waals surface area (Å²) in [6, 6.07) is 24.4. The standard InChI is InChI=1S/C36H44N6O3/c1-45-21-5-20-42-33-8-3-2-7-32(33)40-35(42)28-6-4-19-41(24-28)34(43)23-29(37)22-25-9-11-26(12-10-25)27-13-15-30(16-14-27)38-36(44)39-31-17-18-31/h2-3,7-16,28-29,31H,4-6,17-24,37H2,1H3,(H2,38,39,44)/t28-,29-/m1/s1. The van der Waals surface area contributed by atoms with Gasteiger partial charge >= 0.3 is 6.03 Å². The first-order valence-corrected chi connectivity index (χ1v) is 16.2. The van der Waals surface area contributed by atoms with Crippen LogP contribution in [-0.2, 0) is 22.5 Å². The van der Waals surface area contributed by atoms with Crippen LogP contribution in [-0.4, -0.2) is 65.3 Å². The number of carbonyl (C=O) groups excluding carboxylic acids is 2. The van der Waals surface area contributed by atoms with Gasteiger partial charge in [0.1, 0.15) is 5.82 Å². The second kappa shape index (κ2) is 14.3. The zero-order valence-corrected chi connectivity index (χ0v) is 26.1. The van der Waals surface area contributed by atoms with E-state index in [4.69, 9.17) is 15.5 Å². The first-order chi connectivity index (χ1) is 22.0. The number of methoxy groups -OCH3 is 1. The zero-order valence-electron chi connectivity index (χ0n) is 26.1. The van der Waals surface area contributed by atoms with E-state index < -0.39 is 0 Å². The smallest absolute Gasteiger partial charge is 0.319 e. The third-order valence-corrected chi connectivity index (χ3v) is 8.83. The van der Waals surface area contributed by atoms with E-state index in [2.05, 4.69) is 57.7 Å². The summed E-state index contributed by atoms with van der Waals surface area (Å²) in [5, 5.41) is 5.82. The van der Waals surface area contributed by atoms with E-state index in [0.29, 0.717) is 32.0 Å². The van der Waals surface area contributed by atoms with Crippen LogP contribution >= 0.6 is 0 Å². The van der Waals surface area contributed by atoms with Crippen molar-refractivity contribution in [2.75, 3.05) is 32.1 Å². The van der Waals surface area contributed by atoms with Gasteiger partial charge in [0.25, 0.3) is 0 Å². The Morgan fingerprint density at radius 1 is 1.00 bits per heavy atom. The van der Waals surface area contributed by atoms with Crippen molar-refractivity contribution >= 4 is 28.7 Å². The third-order valence-electron chi connectivity index (χ3n) is 8.83. The number of benzene rings is 3. The Hall–Kier alpha value is -4.21. The summed E-state index contributed by atoms with van der Waals surface area (Å²) < 4.78 is 7.63. The minimum absolute atomic E-state index is 0.116. The molecule has 1 aromatic heterocycles. The van der Waals surface area contributed by atoms with E-state index in [1.807, 2.05) is 35.2 Å². The molecule has 0 spiro atoms. The average molecular weight is 609 g/mol. The number of aryl methyl sites for hydroxylation is 1. The lowest BCUT2D eigenvalue weighted by molar-refractivity contribution is -0.132.